The second-order valence-electron chi connectivity index (χ2n) is 10.0. The van der Waals surface area contributed by atoms with Crippen LogP contribution in [-0.2, 0) is 10.2 Å². The molecule has 0 bridgehead atoms. The number of fused-ring (bicyclic) bond motifs is 6. The fourth-order valence-electron chi connectivity index (χ4n) is 6.60. The summed E-state index contributed by atoms with van der Waals surface area (Å²) in [6, 6.07) is 24.3. The lowest BCUT2D eigenvalue weighted by Gasteiger charge is -2.37. The lowest BCUT2D eigenvalue weighted by Crippen LogP contribution is -2.51. The van der Waals surface area contributed by atoms with Crippen molar-refractivity contribution < 1.29 is 14.4 Å². The summed E-state index contributed by atoms with van der Waals surface area (Å²) in [5.74, 6) is -1.75. The van der Waals surface area contributed by atoms with E-state index in [1.165, 1.54) is 0 Å². The Morgan fingerprint density at radius 2 is 1.54 bits per heavy atom. The minimum absolute atomic E-state index is 0.209. The van der Waals surface area contributed by atoms with Crippen molar-refractivity contribution in [3.63, 3.8) is 0 Å². The van der Waals surface area contributed by atoms with Crippen LogP contribution in [0, 0.1) is 5.92 Å². The largest absolute Gasteiger partial charge is 0.352 e. The van der Waals surface area contributed by atoms with Crippen molar-refractivity contribution in [2.75, 3.05) is 10.2 Å². The molecule has 6 nitrogen and oxygen atoms in total. The van der Waals surface area contributed by atoms with Crippen LogP contribution in [0.5, 0.6) is 0 Å². The van der Waals surface area contributed by atoms with E-state index < -0.39 is 23.4 Å². The average molecular weight is 576 g/mol. The van der Waals surface area contributed by atoms with Gasteiger partial charge in [-0.05, 0) is 47.5 Å². The number of carbonyl (C=O) groups is 3. The van der Waals surface area contributed by atoms with E-state index in [0.29, 0.717) is 16.8 Å². The Labute approximate surface area is 233 Å². The first kappa shape index (κ1) is 23.7. The van der Waals surface area contributed by atoms with Crippen LogP contribution in [0.3, 0.4) is 0 Å². The predicted molar refractivity (Wildman–Crippen MR) is 153 cm³/mol. The Bertz CT molecular complexity index is 1680. The van der Waals surface area contributed by atoms with Crippen LogP contribution in [0.4, 0.5) is 11.4 Å². The molecule has 3 aromatic carbocycles. The fraction of sp³-hybridized carbons (Fsp3) is 0.125. The van der Waals surface area contributed by atoms with E-state index >= 15 is 0 Å². The molecule has 0 unspecified atom stereocenters. The summed E-state index contributed by atoms with van der Waals surface area (Å²) in [5, 5.41) is 3.05. The molecule has 4 atom stereocenters. The van der Waals surface area contributed by atoms with Gasteiger partial charge < -0.3 is 10.2 Å². The molecule has 1 saturated heterocycles. The maximum atomic E-state index is 14.6. The number of hydrogen-bond donors (Lipinski definition) is 1. The summed E-state index contributed by atoms with van der Waals surface area (Å²) >= 11 is 3.45. The number of rotatable bonds is 4. The number of anilines is 2. The second kappa shape index (κ2) is 8.85. The Kier molecular flexibility index (Phi) is 5.39. The fourth-order valence-corrected chi connectivity index (χ4v) is 6.86. The normalized spacial score (nSPS) is 24.2. The zero-order valence-electron chi connectivity index (χ0n) is 20.6. The maximum absolute atomic E-state index is 14.6. The van der Waals surface area contributed by atoms with E-state index in [2.05, 4.69) is 26.2 Å². The zero-order chi connectivity index (χ0) is 26.7. The van der Waals surface area contributed by atoms with Crippen LogP contribution in [-0.4, -0.2) is 34.5 Å². The number of carbonyl (C=O) groups excluding carboxylic acids is 3. The first-order valence-corrected chi connectivity index (χ1v) is 13.5. The van der Waals surface area contributed by atoms with Gasteiger partial charge in [-0.3, -0.25) is 19.4 Å². The highest BCUT2D eigenvalue weighted by atomic mass is 79.9. The summed E-state index contributed by atoms with van der Waals surface area (Å²) in [5.41, 5.74) is 2.72. The van der Waals surface area contributed by atoms with E-state index in [1.807, 2.05) is 77.7 Å². The number of pyridine rings is 1. The van der Waals surface area contributed by atoms with Gasteiger partial charge >= 0.3 is 0 Å². The SMILES string of the molecule is O=C(c1ccc(Br)cc1)[C@@H]1[C@H](C(=O)c2ccncc2)[C@@]2(C(=O)Nc3ccccc32)[C@H]2C=Cc3ccccc3N12. The summed E-state index contributed by atoms with van der Waals surface area (Å²) in [6.07, 6.45) is 7.09. The van der Waals surface area contributed by atoms with Gasteiger partial charge in [-0.15, -0.1) is 0 Å². The van der Waals surface area contributed by atoms with Crippen molar-refractivity contribution in [2.45, 2.75) is 17.5 Å². The molecule has 0 aliphatic carbocycles. The first-order chi connectivity index (χ1) is 19.0. The Hall–Kier alpha value is -4.36. The molecule has 1 fully saturated rings. The smallest absolute Gasteiger partial charge is 0.238 e. The van der Waals surface area contributed by atoms with E-state index in [1.54, 1.807) is 36.7 Å². The van der Waals surface area contributed by atoms with Crippen LogP contribution < -0.4 is 10.2 Å². The molecule has 3 aliphatic heterocycles. The molecule has 1 spiro atoms. The minimum Gasteiger partial charge on any atom is -0.352 e. The molecule has 4 heterocycles. The van der Waals surface area contributed by atoms with Crippen molar-refractivity contribution in [1.82, 2.24) is 4.98 Å². The van der Waals surface area contributed by atoms with E-state index in [-0.39, 0.29) is 17.5 Å². The Morgan fingerprint density at radius 3 is 2.33 bits per heavy atom. The molecule has 7 heteroatoms. The number of nitrogens with one attached hydrogen (secondary N) is 1. The second-order valence-corrected chi connectivity index (χ2v) is 10.9. The summed E-state index contributed by atoms with van der Waals surface area (Å²) < 4.78 is 0.847. The third-order valence-electron chi connectivity index (χ3n) is 8.19. The number of amides is 1. The average Bonchev–Trinajstić information content (AvgIpc) is 3.45. The lowest BCUT2D eigenvalue weighted by atomic mass is 9.64. The Morgan fingerprint density at radius 1 is 0.846 bits per heavy atom. The zero-order valence-corrected chi connectivity index (χ0v) is 22.2. The number of halogens is 1. The summed E-state index contributed by atoms with van der Waals surface area (Å²) in [4.78, 5) is 49.5. The highest BCUT2D eigenvalue weighted by molar-refractivity contribution is 9.10. The van der Waals surface area contributed by atoms with Crippen LogP contribution in [0.25, 0.3) is 6.08 Å². The van der Waals surface area contributed by atoms with Gasteiger partial charge in [-0.2, -0.15) is 0 Å². The third kappa shape index (κ3) is 3.32. The summed E-state index contributed by atoms with van der Waals surface area (Å²) in [7, 11) is 0. The number of para-hydroxylation sites is 2. The first-order valence-electron chi connectivity index (χ1n) is 12.7. The minimum atomic E-state index is -1.32. The van der Waals surface area contributed by atoms with Gasteiger partial charge in [0.1, 0.15) is 11.5 Å². The van der Waals surface area contributed by atoms with Crippen molar-refractivity contribution in [3.8, 4) is 0 Å². The van der Waals surface area contributed by atoms with Crippen LogP contribution in [0.15, 0.2) is 108 Å². The molecule has 4 aromatic rings. The number of benzene rings is 3. The lowest BCUT2D eigenvalue weighted by molar-refractivity contribution is -0.121. The van der Waals surface area contributed by atoms with E-state index in [9.17, 15) is 14.4 Å². The number of Topliss-reactive ketones (excluding diaryl/α,β-unsaturated/α-hetero) is 2. The molecule has 39 heavy (non-hydrogen) atoms. The van der Waals surface area contributed by atoms with Gasteiger partial charge in [0.2, 0.25) is 5.91 Å². The third-order valence-corrected chi connectivity index (χ3v) is 8.72. The molecule has 3 aliphatic rings. The van der Waals surface area contributed by atoms with Gasteiger partial charge in [0.15, 0.2) is 11.6 Å². The highest BCUT2D eigenvalue weighted by Gasteiger charge is 2.70. The number of nitrogens with zero attached hydrogens (tertiary/aromatic N) is 2. The van der Waals surface area contributed by atoms with Gasteiger partial charge in [0.05, 0.1) is 12.0 Å². The van der Waals surface area contributed by atoms with E-state index in [0.717, 1.165) is 21.3 Å². The molecule has 1 aromatic heterocycles. The van der Waals surface area contributed by atoms with Crippen molar-refractivity contribution >= 4 is 50.9 Å². The van der Waals surface area contributed by atoms with Crippen molar-refractivity contribution in [1.29, 1.82) is 0 Å². The topological polar surface area (TPSA) is 79.4 Å². The van der Waals surface area contributed by atoms with Crippen LogP contribution in [0.1, 0.15) is 31.8 Å². The van der Waals surface area contributed by atoms with Crippen molar-refractivity contribution in [2.24, 2.45) is 5.92 Å². The molecule has 0 saturated carbocycles. The van der Waals surface area contributed by atoms with Crippen molar-refractivity contribution in [3.05, 3.63) is 130 Å². The number of aromatic nitrogens is 1. The Balaban J connectivity index is 1.54. The van der Waals surface area contributed by atoms with Gasteiger partial charge in [0.25, 0.3) is 0 Å². The molecule has 0 radical (unpaired) electrons. The van der Waals surface area contributed by atoms with Gasteiger partial charge in [-0.1, -0.05) is 76.6 Å². The monoisotopic (exact) mass is 575 g/mol. The summed E-state index contributed by atoms with van der Waals surface area (Å²) in [6.45, 7) is 0. The van der Waals surface area contributed by atoms with Crippen LogP contribution >= 0.6 is 15.9 Å². The molecule has 1 N–H and O–H groups in total. The van der Waals surface area contributed by atoms with Crippen LogP contribution in [0.2, 0.25) is 0 Å². The molecule has 190 valence electrons. The maximum Gasteiger partial charge on any atom is 0.238 e. The standard InChI is InChI=1S/C32H22BrN3O3/c33-22-12-9-20(10-13-22)30(38)28-27(29(37)21-15-17-34-18-16-21)32(23-6-2-3-7-24(23)35-31(32)39)26-14-11-19-5-1-4-8-25(19)36(26)28/h1-18,26-28H,(H,35,39)/t26-,27-,28+,32+/m1/s1. The number of hydrogen-bond acceptors (Lipinski definition) is 5. The number of ketones is 2. The van der Waals surface area contributed by atoms with Gasteiger partial charge in [0, 0.05) is 39.4 Å². The predicted octanol–water partition coefficient (Wildman–Crippen LogP) is 5.70. The molecule has 7 rings (SSSR count). The quantitative estimate of drug-likeness (QED) is 0.316. The molecular formula is C32H22BrN3O3. The molecular weight excluding hydrogens is 554 g/mol. The highest BCUT2D eigenvalue weighted by Crippen LogP contribution is 2.58. The molecule has 1 amide bonds. The van der Waals surface area contributed by atoms with Gasteiger partial charge in [-0.25, -0.2) is 0 Å². The van der Waals surface area contributed by atoms with E-state index in [4.69, 9.17) is 0 Å².